The highest BCUT2D eigenvalue weighted by molar-refractivity contribution is 5.96. The molecule has 1 saturated heterocycles. The number of carbonyl (C=O) groups excluding carboxylic acids is 2. The van der Waals surface area contributed by atoms with Crippen LogP contribution in [-0.4, -0.2) is 30.6 Å². The summed E-state index contributed by atoms with van der Waals surface area (Å²) in [6.45, 7) is 4.76. The van der Waals surface area contributed by atoms with Gasteiger partial charge in [-0.15, -0.1) is 0 Å². The molecular weight excluding hydrogens is 302 g/mol. The van der Waals surface area contributed by atoms with E-state index in [9.17, 15) is 9.59 Å². The number of carbonyl (C=O) groups is 2. The summed E-state index contributed by atoms with van der Waals surface area (Å²) in [6, 6.07) is 7.90. The third kappa shape index (κ3) is 3.89. The van der Waals surface area contributed by atoms with Crippen molar-refractivity contribution in [3.63, 3.8) is 0 Å². The summed E-state index contributed by atoms with van der Waals surface area (Å²) >= 11 is 0. The number of benzene rings is 1. The molecule has 0 bridgehead atoms. The van der Waals surface area contributed by atoms with Crippen molar-refractivity contribution in [3.8, 4) is 0 Å². The van der Waals surface area contributed by atoms with E-state index in [0.29, 0.717) is 18.9 Å². The summed E-state index contributed by atoms with van der Waals surface area (Å²) < 4.78 is 0. The SMILES string of the molecule is Cc1ccc(N2CC(NC(=O)NC3CCCCC3C)CC2=O)cc1. The van der Waals surface area contributed by atoms with E-state index in [1.807, 2.05) is 31.2 Å². The lowest BCUT2D eigenvalue weighted by atomic mass is 9.86. The molecule has 2 fully saturated rings. The standard InChI is InChI=1S/C19H27N3O2/c1-13-7-9-16(10-8-13)22-12-15(11-18(22)23)20-19(24)21-17-6-4-3-5-14(17)2/h7-10,14-15,17H,3-6,11-12H2,1-2H3,(H2,20,21,24). The number of nitrogens with one attached hydrogen (secondary N) is 2. The van der Waals surface area contributed by atoms with Gasteiger partial charge in [0.2, 0.25) is 5.91 Å². The van der Waals surface area contributed by atoms with Gasteiger partial charge in [-0.05, 0) is 37.8 Å². The molecule has 1 aromatic rings. The first kappa shape index (κ1) is 16.8. The zero-order valence-electron chi connectivity index (χ0n) is 14.5. The minimum atomic E-state index is -0.141. The Balaban J connectivity index is 1.54. The Labute approximate surface area is 143 Å². The molecule has 3 amide bonds. The average molecular weight is 329 g/mol. The van der Waals surface area contributed by atoms with E-state index < -0.39 is 0 Å². The molecule has 1 aromatic carbocycles. The first-order chi connectivity index (χ1) is 11.5. The fourth-order valence-corrected chi connectivity index (χ4v) is 3.70. The Kier molecular flexibility index (Phi) is 5.07. The van der Waals surface area contributed by atoms with Crippen LogP contribution in [0.3, 0.4) is 0 Å². The van der Waals surface area contributed by atoms with Crippen LogP contribution in [0.5, 0.6) is 0 Å². The van der Waals surface area contributed by atoms with Gasteiger partial charge in [0.25, 0.3) is 0 Å². The Bertz CT molecular complexity index is 599. The summed E-state index contributed by atoms with van der Waals surface area (Å²) in [5.74, 6) is 0.592. The van der Waals surface area contributed by atoms with Crippen molar-refractivity contribution >= 4 is 17.6 Å². The van der Waals surface area contributed by atoms with E-state index in [0.717, 1.165) is 12.1 Å². The van der Waals surface area contributed by atoms with Crippen molar-refractivity contribution in [1.29, 1.82) is 0 Å². The van der Waals surface area contributed by atoms with Gasteiger partial charge in [-0.3, -0.25) is 4.79 Å². The second-order valence-corrected chi connectivity index (χ2v) is 7.23. The van der Waals surface area contributed by atoms with E-state index >= 15 is 0 Å². The lowest BCUT2D eigenvalue weighted by Crippen LogP contribution is -2.49. The Hall–Kier alpha value is -2.04. The van der Waals surface area contributed by atoms with Gasteiger partial charge in [-0.1, -0.05) is 37.5 Å². The molecule has 5 nitrogen and oxygen atoms in total. The molecule has 1 aliphatic carbocycles. The summed E-state index contributed by atoms with van der Waals surface area (Å²) in [5, 5.41) is 6.07. The van der Waals surface area contributed by atoms with E-state index in [2.05, 4.69) is 17.6 Å². The van der Waals surface area contributed by atoms with Crippen molar-refractivity contribution in [2.75, 3.05) is 11.4 Å². The van der Waals surface area contributed by atoms with Crippen LogP contribution in [-0.2, 0) is 4.79 Å². The maximum atomic E-state index is 12.3. The van der Waals surface area contributed by atoms with Crippen molar-refractivity contribution in [2.24, 2.45) is 5.92 Å². The van der Waals surface area contributed by atoms with E-state index in [-0.39, 0.29) is 24.0 Å². The minimum Gasteiger partial charge on any atom is -0.335 e. The topological polar surface area (TPSA) is 61.4 Å². The first-order valence-corrected chi connectivity index (χ1v) is 8.97. The smallest absolute Gasteiger partial charge is 0.315 e. The first-order valence-electron chi connectivity index (χ1n) is 8.97. The molecular formula is C19H27N3O2. The van der Waals surface area contributed by atoms with Crippen LogP contribution in [0.1, 0.15) is 44.6 Å². The Morgan fingerprint density at radius 3 is 2.54 bits per heavy atom. The minimum absolute atomic E-state index is 0.0650. The molecule has 2 aliphatic rings. The third-order valence-corrected chi connectivity index (χ3v) is 5.23. The Morgan fingerprint density at radius 2 is 1.83 bits per heavy atom. The van der Waals surface area contributed by atoms with Crippen LogP contribution in [0.25, 0.3) is 0 Å². The van der Waals surface area contributed by atoms with E-state index in [4.69, 9.17) is 0 Å². The van der Waals surface area contributed by atoms with Gasteiger partial charge in [-0.2, -0.15) is 0 Å². The highest BCUT2D eigenvalue weighted by Gasteiger charge is 2.32. The molecule has 2 N–H and O–H groups in total. The molecule has 3 atom stereocenters. The monoisotopic (exact) mass is 329 g/mol. The normalized spacial score (nSPS) is 27.2. The zero-order chi connectivity index (χ0) is 17.1. The highest BCUT2D eigenvalue weighted by Crippen LogP contribution is 2.24. The molecule has 130 valence electrons. The van der Waals surface area contributed by atoms with Crippen LogP contribution in [0, 0.1) is 12.8 Å². The molecule has 0 radical (unpaired) electrons. The van der Waals surface area contributed by atoms with Gasteiger partial charge in [-0.25, -0.2) is 4.79 Å². The number of rotatable bonds is 3. The van der Waals surface area contributed by atoms with Gasteiger partial charge >= 0.3 is 6.03 Å². The number of hydrogen-bond acceptors (Lipinski definition) is 2. The van der Waals surface area contributed by atoms with Crippen molar-refractivity contribution in [3.05, 3.63) is 29.8 Å². The van der Waals surface area contributed by atoms with Crippen LogP contribution in [0.15, 0.2) is 24.3 Å². The molecule has 1 saturated carbocycles. The molecule has 1 heterocycles. The summed E-state index contributed by atoms with van der Waals surface area (Å²) in [4.78, 5) is 26.3. The lowest BCUT2D eigenvalue weighted by molar-refractivity contribution is -0.117. The number of nitrogens with zero attached hydrogens (tertiary/aromatic N) is 1. The fourth-order valence-electron chi connectivity index (χ4n) is 3.70. The van der Waals surface area contributed by atoms with E-state index in [1.165, 1.54) is 24.8 Å². The summed E-state index contributed by atoms with van der Waals surface area (Å²) in [7, 11) is 0. The molecule has 1 aliphatic heterocycles. The number of aryl methyl sites for hydroxylation is 1. The molecule has 24 heavy (non-hydrogen) atoms. The Morgan fingerprint density at radius 1 is 1.12 bits per heavy atom. The molecule has 3 unspecified atom stereocenters. The second kappa shape index (κ2) is 7.24. The van der Waals surface area contributed by atoms with Gasteiger partial charge < -0.3 is 15.5 Å². The number of anilines is 1. The average Bonchev–Trinajstić information content (AvgIpc) is 2.90. The van der Waals surface area contributed by atoms with Gasteiger partial charge in [0.1, 0.15) is 0 Å². The lowest BCUT2D eigenvalue weighted by Gasteiger charge is -2.30. The van der Waals surface area contributed by atoms with Crippen LogP contribution in [0.2, 0.25) is 0 Å². The van der Waals surface area contributed by atoms with Crippen LogP contribution >= 0.6 is 0 Å². The van der Waals surface area contributed by atoms with Gasteiger partial charge in [0, 0.05) is 24.7 Å². The number of amides is 3. The number of hydrogen-bond donors (Lipinski definition) is 2. The predicted molar refractivity (Wildman–Crippen MR) is 95.0 cm³/mol. The second-order valence-electron chi connectivity index (χ2n) is 7.23. The van der Waals surface area contributed by atoms with Crippen LogP contribution in [0.4, 0.5) is 10.5 Å². The third-order valence-electron chi connectivity index (χ3n) is 5.23. The molecule has 0 aromatic heterocycles. The quantitative estimate of drug-likeness (QED) is 0.895. The zero-order valence-corrected chi connectivity index (χ0v) is 14.5. The molecule has 3 rings (SSSR count). The van der Waals surface area contributed by atoms with Gasteiger partial charge in [0.15, 0.2) is 0 Å². The molecule has 5 heteroatoms. The molecule has 0 spiro atoms. The van der Waals surface area contributed by atoms with Crippen molar-refractivity contribution < 1.29 is 9.59 Å². The predicted octanol–water partition coefficient (Wildman–Crippen LogP) is 2.98. The van der Waals surface area contributed by atoms with E-state index in [1.54, 1.807) is 4.90 Å². The maximum absolute atomic E-state index is 12.3. The van der Waals surface area contributed by atoms with Crippen molar-refractivity contribution in [2.45, 2.75) is 58.0 Å². The summed E-state index contributed by atoms with van der Waals surface area (Å²) in [6.07, 6.45) is 5.02. The van der Waals surface area contributed by atoms with Gasteiger partial charge in [0.05, 0.1) is 6.04 Å². The van der Waals surface area contributed by atoms with Crippen molar-refractivity contribution in [1.82, 2.24) is 10.6 Å². The largest absolute Gasteiger partial charge is 0.335 e. The maximum Gasteiger partial charge on any atom is 0.315 e. The number of urea groups is 1. The highest BCUT2D eigenvalue weighted by atomic mass is 16.2. The summed E-state index contributed by atoms with van der Waals surface area (Å²) in [5.41, 5.74) is 2.07. The van der Waals surface area contributed by atoms with Crippen LogP contribution < -0.4 is 15.5 Å². The fraction of sp³-hybridized carbons (Fsp3) is 0.579.